The predicted octanol–water partition coefficient (Wildman–Crippen LogP) is 14.4. The lowest BCUT2D eigenvalue weighted by Crippen LogP contribution is -2.60. The average Bonchev–Trinajstić information content (AvgIpc) is 3.33. The number of nitrogens with one attached hydrogen (secondary N) is 1. The Kier molecular flexibility index (Phi) is 46.3. The third-order valence-corrected chi connectivity index (χ3v) is 14.4. The predicted molar refractivity (Wildman–Crippen MR) is 281 cm³/mol. The van der Waals surface area contributed by atoms with Crippen LogP contribution in [0.25, 0.3) is 0 Å². The van der Waals surface area contributed by atoms with Gasteiger partial charge in [0.15, 0.2) is 6.29 Å². The molecule has 1 saturated heterocycles. The molecule has 0 radical (unpaired) electrons. The fraction of sp³-hybridized carbons (Fsp3) is 0.948. The monoisotopic (exact) mass is 952 g/mol. The Labute approximate surface area is 414 Å². The Hall–Kier alpha value is -1.07. The molecular weight excluding hydrogens is 839 g/mol. The van der Waals surface area contributed by atoms with E-state index in [0.29, 0.717) is 6.42 Å². The number of unbranched alkanes of at least 4 members (excludes halogenated alkanes) is 41. The molecule has 1 amide bonds. The smallest absolute Gasteiger partial charge is 0.220 e. The van der Waals surface area contributed by atoms with E-state index in [2.05, 4.69) is 19.2 Å². The number of carbonyl (C=O) groups is 1. The zero-order valence-electron chi connectivity index (χ0n) is 44.2. The highest BCUT2D eigenvalue weighted by Gasteiger charge is 2.44. The van der Waals surface area contributed by atoms with Crippen LogP contribution in [0.1, 0.15) is 296 Å². The molecule has 0 saturated carbocycles. The topological polar surface area (TPSA) is 149 Å². The van der Waals surface area contributed by atoms with Gasteiger partial charge in [-0.05, 0) is 19.3 Å². The van der Waals surface area contributed by atoms with Crippen molar-refractivity contribution >= 4 is 5.91 Å². The molecule has 0 aromatic heterocycles. The summed E-state index contributed by atoms with van der Waals surface area (Å²) in [6.45, 7) is 3.83. The molecule has 398 valence electrons. The first kappa shape index (κ1) is 63.9. The number of rotatable bonds is 51. The third-order valence-electron chi connectivity index (χ3n) is 14.4. The van der Waals surface area contributed by atoms with Crippen LogP contribution in [0.4, 0.5) is 0 Å². The second-order valence-corrected chi connectivity index (χ2v) is 20.8. The first-order chi connectivity index (χ1) is 32.8. The SMILES string of the molecule is CCCCCCCCCCCCCCCCCCCCCC/C=C/C(O)C(COC1OC(CO)C(O)C(O)C1O)NC(=O)CCCCCCCCCCCCCCCCCCCCCCCC. The lowest BCUT2D eigenvalue weighted by molar-refractivity contribution is -0.302. The number of hydrogen-bond donors (Lipinski definition) is 6. The highest BCUT2D eigenvalue weighted by atomic mass is 16.7. The van der Waals surface area contributed by atoms with E-state index in [1.54, 1.807) is 6.08 Å². The maximum absolute atomic E-state index is 13.1. The van der Waals surface area contributed by atoms with Crippen molar-refractivity contribution in [2.75, 3.05) is 13.2 Å². The van der Waals surface area contributed by atoms with Crippen LogP contribution < -0.4 is 5.32 Å². The van der Waals surface area contributed by atoms with Gasteiger partial charge in [-0.25, -0.2) is 0 Å². The molecule has 67 heavy (non-hydrogen) atoms. The van der Waals surface area contributed by atoms with E-state index in [1.165, 1.54) is 238 Å². The lowest BCUT2D eigenvalue weighted by Gasteiger charge is -2.40. The van der Waals surface area contributed by atoms with Gasteiger partial charge in [-0.3, -0.25) is 4.79 Å². The van der Waals surface area contributed by atoms with E-state index >= 15 is 0 Å². The van der Waals surface area contributed by atoms with E-state index in [-0.39, 0.29) is 12.5 Å². The Balaban J connectivity index is 2.21. The summed E-state index contributed by atoms with van der Waals surface area (Å²) in [4.78, 5) is 13.1. The van der Waals surface area contributed by atoms with Crippen molar-refractivity contribution in [1.29, 1.82) is 0 Å². The highest BCUT2D eigenvalue weighted by molar-refractivity contribution is 5.76. The fourth-order valence-corrected chi connectivity index (χ4v) is 9.69. The first-order valence-electron chi connectivity index (χ1n) is 29.4. The second-order valence-electron chi connectivity index (χ2n) is 20.8. The van der Waals surface area contributed by atoms with Gasteiger partial charge >= 0.3 is 0 Å². The van der Waals surface area contributed by atoms with Crippen molar-refractivity contribution in [3.8, 4) is 0 Å². The number of aliphatic hydroxyl groups is 5. The third kappa shape index (κ3) is 38.3. The lowest BCUT2D eigenvalue weighted by atomic mass is 9.99. The number of aliphatic hydroxyl groups excluding tert-OH is 5. The number of carbonyl (C=O) groups excluding carboxylic acids is 1. The zero-order chi connectivity index (χ0) is 48.7. The maximum Gasteiger partial charge on any atom is 0.220 e. The van der Waals surface area contributed by atoms with Gasteiger partial charge in [-0.1, -0.05) is 283 Å². The first-order valence-corrected chi connectivity index (χ1v) is 29.4. The van der Waals surface area contributed by atoms with Gasteiger partial charge in [-0.15, -0.1) is 0 Å². The van der Waals surface area contributed by atoms with Gasteiger partial charge in [0, 0.05) is 6.42 Å². The summed E-state index contributed by atoms with van der Waals surface area (Å²) in [5.74, 6) is -0.169. The van der Waals surface area contributed by atoms with Crippen LogP contribution in [0.3, 0.4) is 0 Å². The quantitative estimate of drug-likeness (QED) is 0.0261. The summed E-state index contributed by atoms with van der Waals surface area (Å²) in [6.07, 6.45) is 52.8. The molecule has 9 heteroatoms. The molecule has 1 aliphatic rings. The minimum atomic E-state index is -1.56. The van der Waals surface area contributed by atoms with E-state index in [0.717, 1.165) is 38.5 Å². The summed E-state index contributed by atoms with van der Waals surface area (Å²) < 4.78 is 11.3. The average molecular weight is 953 g/mol. The Bertz CT molecular complexity index is 1060. The molecule has 0 aromatic carbocycles. The Morgan fingerprint density at radius 2 is 0.821 bits per heavy atom. The number of hydrogen-bond acceptors (Lipinski definition) is 8. The van der Waals surface area contributed by atoms with Crippen LogP contribution >= 0.6 is 0 Å². The fourth-order valence-electron chi connectivity index (χ4n) is 9.69. The number of amides is 1. The van der Waals surface area contributed by atoms with Crippen LogP contribution in [-0.4, -0.2) is 87.5 Å². The number of ether oxygens (including phenoxy) is 2. The van der Waals surface area contributed by atoms with Crippen LogP contribution in [0.5, 0.6) is 0 Å². The van der Waals surface area contributed by atoms with E-state index in [1.807, 2.05) is 6.08 Å². The van der Waals surface area contributed by atoms with Crippen molar-refractivity contribution in [1.82, 2.24) is 5.32 Å². The van der Waals surface area contributed by atoms with Crippen LogP contribution in [0, 0.1) is 0 Å². The van der Waals surface area contributed by atoms with Crippen molar-refractivity contribution in [3.63, 3.8) is 0 Å². The highest BCUT2D eigenvalue weighted by Crippen LogP contribution is 2.23. The second kappa shape index (κ2) is 48.6. The van der Waals surface area contributed by atoms with Gasteiger partial charge in [0.05, 0.1) is 25.4 Å². The molecule has 1 aliphatic heterocycles. The molecule has 7 atom stereocenters. The van der Waals surface area contributed by atoms with Crippen LogP contribution in [0.2, 0.25) is 0 Å². The van der Waals surface area contributed by atoms with Gasteiger partial charge in [0.25, 0.3) is 0 Å². The molecule has 9 nitrogen and oxygen atoms in total. The molecule has 1 fully saturated rings. The van der Waals surface area contributed by atoms with E-state index in [9.17, 15) is 30.3 Å². The summed E-state index contributed by atoms with van der Waals surface area (Å²) in [5.41, 5.74) is 0. The van der Waals surface area contributed by atoms with Crippen molar-refractivity contribution in [3.05, 3.63) is 12.2 Å². The van der Waals surface area contributed by atoms with Gasteiger partial charge in [0.1, 0.15) is 24.4 Å². The zero-order valence-corrected chi connectivity index (χ0v) is 44.2. The minimum Gasteiger partial charge on any atom is -0.394 e. The molecule has 6 N–H and O–H groups in total. The summed E-state index contributed by atoms with van der Waals surface area (Å²) in [6, 6.07) is -0.800. The molecule has 7 unspecified atom stereocenters. The van der Waals surface area contributed by atoms with Gasteiger partial charge in [-0.2, -0.15) is 0 Å². The molecule has 0 aromatic rings. The largest absolute Gasteiger partial charge is 0.394 e. The van der Waals surface area contributed by atoms with Crippen molar-refractivity contribution in [2.45, 2.75) is 339 Å². The van der Waals surface area contributed by atoms with Gasteiger partial charge < -0.3 is 40.3 Å². The van der Waals surface area contributed by atoms with Crippen LogP contribution in [-0.2, 0) is 14.3 Å². The Morgan fingerprint density at radius 3 is 1.16 bits per heavy atom. The molecule has 1 heterocycles. The van der Waals surface area contributed by atoms with Crippen LogP contribution in [0.15, 0.2) is 12.2 Å². The minimum absolute atomic E-state index is 0.169. The van der Waals surface area contributed by atoms with Gasteiger partial charge in [0.2, 0.25) is 5.91 Å². The molecular formula is C58H113NO8. The summed E-state index contributed by atoms with van der Waals surface area (Å²) in [7, 11) is 0. The van der Waals surface area contributed by atoms with E-state index in [4.69, 9.17) is 9.47 Å². The Morgan fingerprint density at radius 1 is 0.493 bits per heavy atom. The molecule has 0 aliphatic carbocycles. The standard InChI is InChI=1S/C58H113NO8/c1-3-5-7-9-11-13-15-17-19-21-23-25-27-29-31-33-35-37-39-41-43-45-47-52(61)51(50-66-58-57(65)56(64)55(63)53(49-60)67-58)59-54(62)48-46-44-42-40-38-36-34-32-30-28-26-24-22-20-18-16-14-12-10-8-6-4-2/h45,47,51-53,55-58,60-61,63-65H,3-44,46,48-50H2,1-2H3,(H,59,62)/b47-45+. The number of allylic oxidation sites excluding steroid dienone is 1. The van der Waals surface area contributed by atoms with E-state index < -0.39 is 49.5 Å². The normalized spacial score (nSPS) is 19.7. The van der Waals surface area contributed by atoms with Crippen molar-refractivity contribution < 1.29 is 39.8 Å². The maximum atomic E-state index is 13.1. The van der Waals surface area contributed by atoms with Crippen molar-refractivity contribution in [2.24, 2.45) is 0 Å². The summed E-state index contributed by atoms with van der Waals surface area (Å²) in [5, 5.41) is 54.5. The molecule has 0 spiro atoms. The summed E-state index contributed by atoms with van der Waals surface area (Å²) >= 11 is 0. The molecule has 1 rings (SSSR count). The molecule has 0 bridgehead atoms.